The lowest BCUT2D eigenvalue weighted by Crippen LogP contribution is -2.23. The zero-order chi connectivity index (χ0) is 14.4. The normalized spacial score (nSPS) is 12.3. The fourth-order valence-corrected chi connectivity index (χ4v) is 2.06. The smallest absolute Gasteiger partial charge is 0.118 e. The van der Waals surface area contributed by atoms with Crippen molar-refractivity contribution in [3.05, 3.63) is 53.5 Å². The van der Waals surface area contributed by atoms with Gasteiger partial charge in [0, 0.05) is 6.42 Å². The molecule has 1 aromatic heterocycles. The van der Waals surface area contributed by atoms with Gasteiger partial charge in [-0.15, -0.1) is 0 Å². The number of methoxy groups -OCH3 is 1. The van der Waals surface area contributed by atoms with Gasteiger partial charge in [0.15, 0.2) is 0 Å². The number of hydrogen-bond acceptors (Lipinski definition) is 4. The van der Waals surface area contributed by atoms with Crippen molar-refractivity contribution in [3.63, 3.8) is 0 Å². The zero-order valence-electron chi connectivity index (χ0n) is 11.9. The summed E-state index contributed by atoms with van der Waals surface area (Å²) in [6, 6.07) is 11.5. The Morgan fingerprint density at radius 2 is 1.85 bits per heavy atom. The van der Waals surface area contributed by atoms with Crippen molar-refractivity contribution in [2.24, 2.45) is 0 Å². The summed E-state index contributed by atoms with van der Waals surface area (Å²) >= 11 is 0. The first-order valence-electron chi connectivity index (χ1n) is 6.82. The highest BCUT2D eigenvalue weighted by atomic mass is 16.5. The Kier molecular flexibility index (Phi) is 5.21. The van der Waals surface area contributed by atoms with Crippen LogP contribution < -0.4 is 10.1 Å². The highest BCUT2D eigenvalue weighted by Crippen LogP contribution is 2.18. The molecule has 1 aromatic carbocycles. The number of rotatable bonds is 7. The van der Waals surface area contributed by atoms with E-state index in [1.54, 1.807) is 7.11 Å². The third-order valence-electron chi connectivity index (χ3n) is 3.29. The highest BCUT2D eigenvalue weighted by Gasteiger charge is 2.11. The van der Waals surface area contributed by atoms with Gasteiger partial charge in [-0.3, -0.25) is 0 Å². The summed E-state index contributed by atoms with van der Waals surface area (Å²) in [7, 11) is 1.64. The van der Waals surface area contributed by atoms with E-state index in [0.717, 1.165) is 29.3 Å². The minimum Gasteiger partial charge on any atom is -0.497 e. The molecule has 0 amide bonds. The van der Waals surface area contributed by atoms with Gasteiger partial charge in [-0.25, -0.2) is 0 Å². The Bertz CT molecular complexity index is 519. The first-order valence-corrected chi connectivity index (χ1v) is 6.82. The van der Waals surface area contributed by atoms with Crippen molar-refractivity contribution < 1.29 is 14.3 Å². The van der Waals surface area contributed by atoms with Crippen LogP contribution in [0.2, 0.25) is 0 Å². The SMILES string of the molecule is CCc1ccc(CNC(CO)c2ccc(OC)cc2)o1. The molecule has 0 fully saturated rings. The van der Waals surface area contributed by atoms with Crippen LogP contribution in [0.4, 0.5) is 0 Å². The molecule has 4 heteroatoms. The second-order valence-corrected chi connectivity index (χ2v) is 4.61. The first kappa shape index (κ1) is 14.6. The van der Waals surface area contributed by atoms with Crippen molar-refractivity contribution in [2.75, 3.05) is 13.7 Å². The molecule has 0 radical (unpaired) electrons. The van der Waals surface area contributed by atoms with Crippen LogP contribution in [0.5, 0.6) is 5.75 Å². The molecule has 2 rings (SSSR count). The van der Waals surface area contributed by atoms with Gasteiger partial charge in [0.2, 0.25) is 0 Å². The molecule has 2 aromatic rings. The fraction of sp³-hybridized carbons (Fsp3) is 0.375. The quantitative estimate of drug-likeness (QED) is 0.815. The van der Waals surface area contributed by atoms with E-state index in [1.807, 2.05) is 36.4 Å². The zero-order valence-corrected chi connectivity index (χ0v) is 11.9. The van der Waals surface area contributed by atoms with Gasteiger partial charge >= 0.3 is 0 Å². The van der Waals surface area contributed by atoms with Gasteiger partial charge in [-0.05, 0) is 29.8 Å². The number of benzene rings is 1. The van der Waals surface area contributed by atoms with Gasteiger partial charge in [0.25, 0.3) is 0 Å². The summed E-state index contributed by atoms with van der Waals surface area (Å²) in [5.41, 5.74) is 1.02. The summed E-state index contributed by atoms with van der Waals surface area (Å²) in [6.07, 6.45) is 0.891. The summed E-state index contributed by atoms with van der Waals surface area (Å²) in [6.45, 7) is 2.69. The maximum absolute atomic E-state index is 9.51. The standard InChI is InChI=1S/C16H21NO3/c1-3-13-8-9-15(20-13)10-17-16(11-18)12-4-6-14(19-2)7-5-12/h4-9,16-18H,3,10-11H2,1-2H3. The lowest BCUT2D eigenvalue weighted by Gasteiger charge is -2.16. The van der Waals surface area contributed by atoms with Crippen molar-refractivity contribution in [3.8, 4) is 5.75 Å². The van der Waals surface area contributed by atoms with Crippen LogP contribution in [-0.4, -0.2) is 18.8 Å². The van der Waals surface area contributed by atoms with Gasteiger partial charge in [-0.2, -0.15) is 0 Å². The van der Waals surface area contributed by atoms with Crippen LogP contribution in [-0.2, 0) is 13.0 Å². The molecular formula is C16H21NO3. The molecule has 1 heterocycles. The second kappa shape index (κ2) is 7.12. The van der Waals surface area contributed by atoms with Crippen molar-refractivity contribution in [2.45, 2.75) is 25.9 Å². The largest absolute Gasteiger partial charge is 0.497 e. The number of ether oxygens (including phenoxy) is 1. The van der Waals surface area contributed by atoms with E-state index in [4.69, 9.17) is 9.15 Å². The van der Waals surface area contributed by atoms with Crippen LogP contribution in [0.3, 0.4) is 0 Å². The van der Waals surface area contributed by atoms with Gasteiger partial charge in [0.1, 0.15) is 17.3 Å². The number of aliphatic hydroxyl groups is 1. The number of aryl methyl sites for hydroxylation is 1. The Morgan fingerprint density at radius 3 is 2.40 bits per heavy atom. The maximum atomic E-state index is 9.51. The Morgan fingerprint density at radius 1 is 1.15 bits per heavy atom. The third kappa shape index (κ3) is 3.62. The van der Waals surface area contributed by atoms with Gasteiger partial charge in [0.05, 0.1) is 26.3 Å². The van der Waals surface area contributed by atoms with Gasteiger partial charge in [-0.1, -0.05) is 19.1 Å². The molecule has 1 atom stereocenters. The van der Waals surface area contributed by atoms with Crippen LogP contribution in [0, 0.1) is 0 Å². The van der Waals surface area contributed by atoms with E-state index in [2.05, 4.69) is 12.2 Å². The lowest BCUT2D eigenvalue weighted by atomic mass is 10.1. The first-order chi connectivity index (χ1) is 9.76. The number of aliphatic hydroxyl groups excluding tert-OH is 1. The summed E-state index contributed by atoms with van der Waals surface area (Å²) in [5.74, 6) is 2.67. The van der Waals surface area contributed by atoms with Crippen LogP contribution in [0.25, 0.3) is 0 Å². The van der Waals surface area contributed by atoms with Crippen molar-refractivity contribution in [1.82, 2.24) is 5.32 Å². The topological polar surface area (TPSA) is 54.6 Å². The predicted molar refractivity (Wildman–Crippen MR) is 77.7 cm³/mol. The monoisotopic (exact) mass is 275 g/mol. The third-order valence-corrected chi connectivity index (χ3v) is 3.29. The molecule has 0 aliphatic rings. The number of hydrogen-bond donors (Lipinski definition) is 2. The number of furan rings is 1. The van der Waals surface area contributed by atoms with E-state index in [1.165, 1.54) is 0 Å². The van der Waals surface area contributed by atoms with Crippen LogP contribution >= 0.6 is 0 Å². The Labute approximate surface area is 119 Å². The summed E-state index contributed by atoms with van der Waals surface area (Å²) < 4.78 is 10.8. The predicted octanol–water partition coefficient (Wildman–Crippen LogP) is 2.67. The van der Waals surface area contributed by atoms with E-state index in [-0.39, 0.29) is 12.6 Å². The van der Waals surface area contributed by atoms with E-state index in [0.29, 0.717) is 6.54 Å². The molecule has 0 bridgehead atoms. The molecule has 0 saturated carbocycles. The fourth-order valence-electron chi connectivity index (χ4n) is 2.06. The molecule has 0 spiro atoms. The van der Waals surface area contributed by atoms with Gasteiger partial charge < -0.3 is 19.6 Å². The average molecular weight is 275 g/mol. The van der Waals surface area contributed by atoms with Crippen molar-refractivity contribution in [1.29, 1.82) is 0 Å². The van der Waals surface area contributed by atoms with Crippen LogP contribution in [0.1, 0.15) is 30.0 Å². The molecular weight excluding hydrogens is 254 g/mol. The molecule has 1 unspecified atom stereocenters. The summed E-state index contributed by atoms with van der Waals surface area (Å²) in [5, 5.41) is 12.8. The molecule has 0 aliphatic heterocycles. The molecule has 4 nitrogen and oxygen atoms in total. The summed E-state index contributed by atoms with van der Waals surface area (Å²) in [4.78, 5) is 0. The molecule has 108 valence electrons. The highest BCUT2D eigenvalue weighted by molar-refractivity contribution is 5.29. The second-order valence-electron chi connectivity index (χ2n) is 4.61. The molecule has 20 heavy (non-hydrogen) atoms. The van der Waals surface area contributed by atoms with E-state index < -0.39 is 0 Å². The minimum absolute atomic E-state index is 0.0354. The molecule has 2 N–H and O–H groups in total. The molecule has 0 saturated heterocycles. The van der Waals surface area contributed by atoms with E-state index in [9.17, 15) is 5.11 Å². The average Bonchev–Trinajstić information content (AvgIpc) is 2.96. The Hall–Kier alpha value is -1.78. The lowest BCUT2D eigenvalue weighted by molar-refractivity contribution is 0.240. The van der Waals surface area contributed by atoms with Crippen molar-refractivity contribution >= 4 is 0 Å². The molecule has 0 aliphatic carbocycles. The van der Waals surface area contributed by atoms with E-state index >= 15 is 0 Å². The maximum Gasteiger partial charge on any atom is 0.118 e. The number of nitrogens with one attached hydrogen (secondary N) is 1. The Balaban J connectivity index is 1.97. The van der Waals surface area contributed by atoms with Crippen LogP contribution in [0.15, 0.2) is 40.8 Å². The minimum atomic E-state index is -0.115.